The molecule has 0 bridgehead atoms. The van der Waals surface area contributed by atoms with Crippen LogP contribution in [0.3, 0.4) is 0 Å². The quantitative estimate of drug-likeness (QED) is 0.168. The van der Waals surface area contributed by atoms with Gasteiger partial charge in [0.25, 0.3) is 12.3 Å². The highest BCUT2D eigenvalue weighted by Crippen LogP contribution is 2.44. The summed E-state index contributed by atoms with van der Waals surface area (Å²) in [5.74, 6) is -2.18. The smallest absolute Gasteiger partial charge is 0.265 e. The molecule has 1 amide bonds. The second-order valence-electron chi connectivity index (χ2n) is 13.5. The van der Waals surface area contributed by atoms with E-state index in [0.717, 1.165) is 24.5 Å². The second-order valence-corrected chi connectivity index (χ2v) is 13.5. The van der Waals surface area contributed by atoms with Crippen LogP contribution in [0, 0.1) is 17.5 Å². The number of nitrogens with one attached hydrogen (secondary N) is 1. The fraction of sp³-hybridized carbons (Fsp3) is 0.342. The Balaban J connectivity index is 1.09. The summed E-state index contributed by atoms with van der Waals surface area (Å²) in [6, 6.07) is 10.1. The number of nitrogens with zero attached hydrogens (tertiary/aromatic N) is 5. The first-order valence-electron chi connectivity index (χ1n) is 17.2. The Bertz CT molecular complexity index is 2170. The lowest BCUT2D eigenvalue weighted by Crippen LogP contribution is -2.47. The Morgan fingerprint density at radius 1 is 0.923 bits per heavy atom. The molecule has 2 fully saturated rings. The van der Waals surface area contributed by atoms with Crippen molar-refractivity contribution in [1.29, 1.82) is 0 Å². The van der Waals surface area contributed by atoms with Crippen molar-refractivity contribution < 1.29 is 36.6 Å². The van der Waals surface area contributed by atoms with E-state index in [-0.39, 0.29) is 54.7 Å². The highest BCUT2D eigenvalue weighted by Gasteiger charge is 2.33. The summed E-state index contributed by atoms with van der Waals surface area (Å²) in [4.78, 5) is 30.9. The summed E-state index contributed by atoms with van der Waals surface area (Å²) >= 11 is 0. The fourth-order valence-corrected chi connectivity index (χ4v) is 7.25. The summed E-state index contributed by atoms with van der Waals surface area (Å²) in [6.07, 6.45) is 2.47. The molecular weight excluding hydrogens is 683 g/mol. The number of hydrogen-bond donors (Lipinski definition) is 2. The number of alkyl halides is 2. The topological polar surface area (TPSA) is 97.8 Å². The molecule has 0 spiro atoms. The predicted octanol–water partition coefficient (Wildman–Crippen LogP) is 6.50. The van der Waals surface area contributed by atoms with E-state index in [1.54, 1.807) is 23.1 Å². The van der Waals surface area contributed by atoms with E-state index >= 15 is 13.2 Å². The molecule has 8 rings (SSSR count). The van der Waals surface area contributed by atoms with Gasteiger partial charge in [-0.25, -0.2) is 26.9 Å². The average molecular weight is 719 g/mol. The number of halogens is 5. The van der Waals surface area contributed by atoms with E-state index in [9.17, 15) is 18.7 Å². The summed E-state index contributed by atoms with van der Waals surface area (Å²) in [5.41, 5.74) is 3.17. The lowest BCUT2D eigenvalue weighted by atomic mass is 9.95. The van der Waals surface area contributed by atoms with Crippen molar-refractivity contribution in [1.82, 2.24) is 24.8 Å². The van der Waals surface area contributed by atoms with E-state index in [2.05, 4.69) is 15.0 Å². The van der Waals surface area contributed by atoms with E-state index in [1.807, 2.05) is 4.90 Å². The molecule has 52 heavy (non-hydrogen) atoms. The van der Waals surface area contributed by atoms with Crippen molar-refractivity contribution in [3.8, 4) is 28.3 Å². The number of amides is 1. The summed E-state index contributed by atoms with van der Waals surface area (Å²) < 4.78 is 77.6. The van der Waals surface area contributed by atoms with Crippen LogP contribution in [0.25, 0.3) is 33.5 Å². The molecule has 3 aromatic heterocycles. The molecule has 2 N–H and O–H groups in total. The molecule has 1 saturated carbocycles. The van der Waals surface area contributed by atoms with Gasteiger partial charge >= 0.3 is 0 Å². The molecule has 5 heterocycles. The lowest BCUT2D eigenvalue weighted by Gasteiger charge is -2.34. The van der Waals surface area contributed by atoms with Crippen molar-refractivity contribution in [2.45, 2.75) is 38.3 Å². The van der Waals surface area contributed by atoms with Gasteiger partial charge in [0.2, 0.25) is 0 Å². The molecule has 0 unspecified atom stereocenters. The van der Waals surface area contributed by atoms with E-state index in [0.29, 0.717) is 65.3 Å². The number of aliphatic hydroxyl groups excluding tert-OH is 1. The van der Waals surface area contributed by atoms with Gasteiger partial charge in [-0.1, -0.05) is 0 Å². The number of rotatable bonds is 9. The van der Waals surface area contributed by atoms with Gasteiger partial charge < -0.3 is 19.7 Å². The van der Waals surface area contributed by atoms with Crippen molar-refractivity contribution in [2.24, 2.45) is 0 Å². The summed E-state index contributed by atoms with van der Waals surface area (Å²) in [6.45, 7) is 1.49. The minimum absolute atomic E-state index is 0.0101. The third-order valence-electron chi connectivity index (χ3n) is 10.1. The number of aromatic nitrogens is 3. The van der Waals surface area contributed by atoms with Crippen LogP contribution in [-0.4, -0.2) is 88.1 Å². The normalized spacial score (nSPS) is 17.1. The first-order chi connectivity index (χ1) is 25.2. The van der Waals surface area contributed by atoms with Crippen LogP contribution < -0.4 is 9.64 Å². The zero-order valence-electron chi connectivity index (χ0n) is 28.0. The van der Waals surface area contributed by atoms with Crippen molar-refractivity contribution in [3.05, 3.63) is 94.6 Å². The van der Waals surface area contributed by atoms with Gasteiger partial charge in [-0.05, 0) is 71.8 Å². The van der Waals surface area contributed by atoms with Crippen LogP contribution in [0.4, 0.5) is 27.6 Å². The minimum atomic E-state index is -2.39. The molecule has 0 radical (unpaired) electrons. The van der Waals surface area contributed by atoms with Crippen molar-refractivity contribution in [3.63, 3.8) is 0 Å². The fourth-order valence-electron chi connectivity index (χ4n) is 7.25. The van der Waals surface area contributed by atoms with Crippen LogP contribution in [0.5, 0.6) is 5.75 Å². The molecule has 270 valence electrons. The number of carbonyl (C=O) groups excluding carboxylic acids is 1. The van der Waals surface area contributed by atoms with Gasteiger partial charge in [0.05, 0.1) is 36.8 Å². The maximum Gasteiger partial charge on any atom is 0.265 e. The Labute approximate surface area is 295 Å². The molecule has 1 aliphatic carbocycles. The van der Waals surface area contributed by atoms with Gasteiger partial charge in [-0.15, -0.1) is 0 Å². The Hall–Kier alpha value is -4.92. The molecule has 0 atom stereocenters. The molecule has 2 aliphatic heterocycles. The van der Waals surface area contributed by atoms with E-state index < -0.39 is 36.4 Å². The number of piperazine rings is 1. The van der Waals surface area contributed by atoms with Gasteiger partial charge in [-0.3, -0.25) is 19.6 Å². The number of anilines is 1. The summed E-state index contributed by atoms with van der Waals surface area (Å²) in [7, 11) is 0. The number of benzene rings is 2. The van der Waals surface area contributed by atoms with E-state index in [4.69, 9.17) is 4.74 Å². The largest absolute Gasteiger partial charge is 0.491 e. The summed E-state index contributed by atoms with van der Waals surface area (Å²) in [5, 5.41) is 11.2. The molecular formula is C38H35F5N6O3. The highest BCUT2D eigenvalue weighted by atomic mass is 19.3. The maximum atomic E-state index is 15.5. The van der Waals surface area contributed by atoms with Crippen LogP contribution in [0.2, 0.25) is 0 Å². The van der Waals surface area contributed by atoms with Crippen LogP contribution >= 0.6 is 0 Å². The number of H-pyrrole nitrogens is 1. The number of pyridine rings is 2. The third-order valence-corrected chi connectivity index (χ3v) is 10.1. The molecule has 9 nitrogen and oxygen atoms in total. The van der Waals surface area contributed by atoms with Crippen LogP contribution in [-0.2, 0) is 13.2 Å². The predicted molar refractivity (Wildman–Crippen MR) is 184 cm³/mol. The van der Waals surface area contributed by atoms with E-state index in [1.165, 1.54) is 35.5 Å². The minimum Gasteiger partial charge on any atom is -0.491 e. The van der Waals surface area contributed by atoms with Gasteiger partial charge in [0.1, 0.15) is 41.0 Å². The van der Waals surface area contributed by atoms with Crippen LogP contribution in [0.15, 0.2) is 54.9 Å². The number of ether oxygens (including phenoxy) is 1. The first-order valence-corrected chi connectivity index (χ1v) is 17.2. The zero-order valence-corrected chi connectivity index (χ0v) is 28.0. The molecule has 1 saturated heterocycles. The standard InChI is InChI=1S/C38H35F5N6O3/c39-24-13-26(28(20-50)33(14-24)49-9-10-52-34-12-22(21-1-2-21)11-30(41)36(34)38(49)51)25-3-4-44-37-27(25)15-32(46-37)31-16-29(40)23(17-45-31)18-47-5-7-48(8-6-47)19-35(42)43/h3-4,11-17,21,35,50H,1-2,5-10,18-20H2,(H,44,46). The Morgan fingerprint density at radius 3 is 2.44 bits per heavy atom. The number of fused-ring (bicyclic) bond motifs is 2. The maximum absolute atomic E-state index is 15.5. The van der Waals surface area contributed by atoms with Crippen LogP contribution in [0.1, 0.15) is 45.8 Å². The number of aromatic amines is 1. The molecule has 5 aromatic rings. The molecule has 2 aromatic carbocycles. The first kappa shape index (κ1) is 34.2. The SMILES string of the molecule is O=C1c2c(F)cc(C3CC3)cc2OCCN1c1cc(F)cc(-c2ccnc3[nH]c(-c4cc(F)c(CN5CCN(CC(F)F)CC5)cn4)cc23)c1CO. The third kappa shape index (κ3) is 6.61. The van der Waals surface area contributed by atoms with Gasteiger partial charge in [0, 0.05) is 67.7 Å². The lowest BCUT2D eigenvalue weighted by molar-refractivity contribution is 0.0540. The monoisotopic (exact) mass is 718 g/mol. The second kappa shape index (κ2) is 13.9. The molecule has 14 heteroatoms. The van der Waals surface area contributed by atoms with Gasteiger partial charge in [-0.2, -0.15) is 0 Å². The Morgan fingerprint density at radius 2 is 1.71 bits per heavy atom. The van der Waals surface area contributed by atoms with Crippen molar-refractivity contribution >= 4 is 22.6 Å². The number of aliphatic hydroxyl groups is 1. The Kier molecular flexibility index (Phi) is 9.14. The van der Waals surface area contributed by atoms with Gasteiger partial charge in [0.15, 0.2) is 0 Å². The number of hydrogen-bond acceptors (Lipinski definition) is 7. The molecule has 3 aliphatic rings. The average Bonchev–Trinajstić information content (AvgIpc) is 3.91. The zero-order chi connectivity index (χ0) is 36.1. The highest BCUT2D eigenvalue weighted by molar-refractivity contribution is 6.09. The number of carbonyl (C=O) groups is 1. The van der Waals surface area contributed by atoms with Crippen molar-refractivity contribution in [2.75, 3.05) is 50.8 Å².